The molecule has 1 atom stereocenters. The third kappa shape index (κ3) is 3.73. The first-order chi connectivity index (χ1) is 13.3. The van der Waals surface area contributed by atoms with E-state index >= 15 is 0 Å². The quantitative estimate of drug-likeness (QED) is 0.533. The van der Waals surface area contributed by atoms with Gasteiger partial charge in [0.05, 0.1) is 17.0 Å². The van der Waals surface area contributed by atoms with E-state index in [1.54, 1.807) is 36.4 Å². The van der Waals surface area contributed by atoms with Crippen molar-refractivity contribution < 1.29 is 18.0 Å². The van der Waals surface area contributed by atoms with Crippen LogP contribution < -0.4 is 4.90 Å². The SMILES string of the molecule is C=CCN(C1CC(=O)N(c2ccc(Cl)cc2)C1=O)S(=O)(=O)c1ccc(C)cc1. The monoisotopic (exact) mass is 418 g/mol. The average Bonchev–Trinajstić information content (AvgIpc) is 2.95. The van der Waals surface area contributed by atoms with E-state index in [4.69, 9.17) is 11.6 Å². The minimum atomic E-state index is -3.99. The van der Waals surface area contributed by atoms with Crippen LogP contribution >= 0.6 is 11.6 Å². The molecule has 1 unspecified atom stereocenters. The van der Waals surface area contributed by atoms with E-state index in [0.29, 0.717) is 10.7 Å². The summed E-state index contributed by atoms with van der Waals surface area (Å²) in [6.07, 6.45) is 1.16. The van der Waals surface area contributed by atoms with Gasteiger partial charge >= 0.3 is 0 Å². The molecule has 2 aromatic carbocycles. The van der Waals surface area contributed by atoms with Crippen LogP contribution in [-0.4, -0.2) is 37.1 Å². The summed E-state index contributed by atoms with van der Waals surface area (Å²) in [4.78, 5) is 26.6. The highest BCUT2D eigenvalue weighted by Gasteiger charge is 2.46. The van der Waals surface area contributed by atoms with E-state index in [1.807, 2.05) is 6.92 Å². The molecule has 6 nitrogen and oxygen atoms in total. The molecule has 0 aliphatic carbocycles. The Morgan fingerprint density at radius 1 is 1.14 bits per heavy atom. The van der Waals surface area contributed by atoms with Crippen LogP contribution in [-0.2, 0) is 19.6 Å². The van der Waals surface area contributed by atoms with Crippen LogP contribution in [0.4, 0.5) is 5.69 Å². The van der Waals surface area contributed by atoms with Gasteiger partial charge in [-0.3, -0.25) is 9.59 Å². The first kappa shape index (κ1) is 20.3. The lowest BCUT2D eigenvalue weighted by molar-refractivity contribution is -0.122. The fourth-order valence-electron chi connectivity index (χ4n) is 3.07. The van der Waals surface area contributed by atoms with Crippen molar-refractivity contribution >= 4 is 39.1 Å². The van der Waals surface area contributed by atoms with Crippen LogP contribution in [0, 0.1) is 6.92 Å². The lowest BCUT2D eigenvalue weighted by Gasteiger charge is -2.25. The molecular weight excluding hydrogens is 400 g/mol. The van der Waals surface area contributed by atoms with Gasteiger partial charge in [-0.1, -0.05) is 35.4 Å². The zero-order valence-corrected chi connectivity index (χ0v) is 16.8. The zero-order chi connectivity index (χ0) is 20.5. The number of hydrogen-bond donors (Lipinski definition) is 0. The van der Waals surface area contributed by atoms with Gasteiger partial charge in [-0.15, -0.1) is 6.58 Å². The molecular formula is C20H19ClN2O4S. The molecule has 8 heteroatoms. The maximum absolute atomic E-state index is 13.1. The maximum atomic E-state index is 13.1. The number of sulfonamides is 1. The van der Waals surface area contributed by atoms with Gasteiger partial charge in [-0.25, -0.2) is 13.3 Å². The third-order valence-corrected chi connectivity index (χ3v) is 6.63. The molecule has 1 fully saturated rings. The number of halogens is 1. The molecule has 1 saturated heterocycles. The molecule has 1 heterocycles. The number of aryl methyl sites for hydroxylation is 1. The van der Waals surface area contributed by atoms with Crippen LogP contribution in [0.25, 0.3) is 0 Å². The van der Waals surface area contributed by atoms with Crippen LogP contribution in [0.1, 0.15) is 12.0 Å². The predicted octanol–water partition coefficient (Wildman–Crippen LogP) is 3.16. The Morgan fingerprint density at radius 3 is 2.32 bits per heavy atom. The zero-order valence-electron chi connectivity index (χ0n) is 15.2. The summed E-state index contributed by atoms with van der Waals surface area (Å²) in [6, 6.07) is 11.4. The first-order valence-corrected chi connectivity index (χ1v) is 10.4. The van der Waals surface area contributed by atoms with Crippen LogP contribution in [0.15, 0.2) is 66.1 Å². The summed E-state index contributed by atoms with van der Waals surface area (Å²) in [6.45, 7) is 5.35. The molecule has 146 valence electrons. The fourth-order valence-corrected chi connectivity index (χ4v) is 4.75. The van der Waals surface area contributed by atoms with Gasteiger partial charge < -0.3 is 0 Å². The highest BCUT2D eigenvalue weighted by molar-refractivity contribution is 7.89. The van der Waals surface area contributed by atoms with Crippen molar-refractivity contribution in [3.63, 3.8) is 0 Å². The summed E-state index contributed by atoms with van der Waals surface area (Å²) in [5, 5.41) is 0.467. The van der Waals surface area contributed by atoms with Gasteiger partial charge in [0.2, 0.25) is 15.9 Å². The Bertz CT molecular complexity index is 1020. The summed E-state index contributed by atoms with van der Waals surface area (Å²) in [7, 11) is -3.99. The second-order valence-electron chi connectivity index (χ2n) is 6.44. The van der Waals surface area contributed by atoms with Gasteiger partial charge in [0, 0.05) is 11.6 Å². The molecule has 0 spiro atoms. The van der Waals surface area contributed by atoms with Crippen molar-refractivity contribution in [2.75, 3.05) is 11.4 Å². The minimum absolute atomic E-state index is 0.0603. The molecule has 0 aromatic heterocycles. The van der Waals surface area contributed by atoms with Crippen molar-refractivity contribution in [1.82, 2.24) is 4.31 Å². The molecule has 2 amide bonds. The number of nitrogens with zero attached hydrogens (tertiary/aromatic N) is 2. The van der Waals surface area contributed by atoms with Crippen molar-refractivity contribution in [3.05, 3.63) is 71.8 Å². The summed E-state index contributed by atoms with van der Waals surface area (Å²) >= 11 is 5.86. The molecule has 3 rings (SSSR count). The van der Waals surface area contributed by atoms with Crippen LogP contribution in [0.5, 0.6) is 0 Å². The van der Waals surface area contributed by atoms with Gasteiger partial charge in [-0.05, 0) is 43.3 Å². The number of carbonyl (C=O) groups excluding carboxylic acids is 2. The van der Waals surface area contributed by atoms with E-state index < -0.39 is 27.9 Å². The van der Waals surface area contributed by atoms with Crippen molar-refractivity contribution in [2.45, 2.75) is 24.3 Å². The Labute approximate surface area is 169 Å². The molecule has 0 saturated carbocycles. The van der Waals surface area contributed by atoms with Gasteiger partial charge in [0.15, 0.2) is 0 Å². The number of amides is 2. The van der Waals surface area contributed by atoms with Crippen molar-refractivity contribution in [3.8, 4) is 0 Å². The van der Waals surface area contributed by atoms with Gasteiger partial charge in [0.1, 0.15) is 6.04 Å². The normalized spacial score (nSPS) is 17.4. The van der Waals surface area contributed by atoms with Gasteiger partial charge in [0.25, 0.3) is 5.91 Å². The van der Waals surface area contributed by atoms with Crippen LogP contribution in [0.2, 0.25) is 5.02 Å². The summed E-state index contributed by atoms with van der Waals surface area (Å²) in [5.74, 6) is -1.06. The minimum Gasteiger partial charge on any atom is -0.274 e. The molecule has 28 heavy (non-hydrogen) atoms. The molecule has 0 radical (unpaired) electrons. The summed E-state index contributed by atoms with van der Waals surface area (Å²) < 4.78 is 27.3. The highest BCUT2D eigenvalue weighted by atomic mass is 35.5. The summed E-state index contributed by atoms with van der Waals surface area (Å²) in [5.41, 5.74) is 1.27. The van der Waals surface area contributed by atoms with E-state index in [0.717, 1.165) is 14.8 Å². The third-order valence-electron chi connectivity index (χ3n) is 4.49. The smallest absolute Gasteiger partial charge is 0.252 e. The Balaban J connectivity index is 1.97. The molecule has 2 aromatic rings. The maximum Gasteiger partial charge on any atom is 0.252 e. The standard InChI is InChI=1S/C20H19ClN2O4S/c1-3-12-22(28(26,27)17-10-4-14(2)5-11-17)18-13-19(24)23(20(18)25)16-8-6-15(21)7-9-16/h3-11,18H,1,12-13H2,2H3. The number of imide groups is 1. The van der Waals surface area contributed by atoms with Crippen molar-refractivity contribution in [2.24, 2.45) is 0 Å². The second kappa shape index (κ2) is 7.87. The molecule has 0 N–H and O–H groups in total. The van der Waals surface area contributed by atoms with Crippen LogP contribution in [0.3, 0.4) is 0 Å². The molecule has 0 bridgehead atoms. The second-order valence-corrected chi connectivity index (χ2v) is 8.77. The number of rotatable bonds is 6. The fraction of sp³-hybridized carbons (Fsp3) is 0.200. The first-order valence-electron chi connectivity index (χ1n) is 8.57. The molecule has 1 aliphatic rings. The Kier molecular flexibility index (Phi) is 5.69. The lowest BCUT2D eigenvalue weighted by atomic mass is 10.2. The van der Waals surface area contributed by atoms with Crippen molar-refractivity contribution in [1.29, 1.82) is 0 Å². The van der Waals surface area contributed by atoms with Gasteiger partial charge in [-0.2, -0.15) is 4.31 Å². The van der Waals surface area contributed by atoms with E-state index in [2.05, 4.69) is 6.58 Å². The molecule has 1 aliphatic heterocycles. The van der Waals surface area contributed by atoms with E-state index in [-0.39, 0.29) is 17.9 Å². The predicted molar refractivity (Wildman–Crippen MR) is 108 cm³/mol. The average molecular weight is 419 g/mol. The Hall–Kier alpha value is -2.48. The topological polar surface area (TPSA) is 74.8 Å². The van der Waals surface area contributed by atoms with E-state index in [1.165, 1.54) is 18.2 Å². The Morgan fingerprint density at radius 2 is 1.75 bits per heavy atom. The largest absolute Gasteiger partial charge is 0.274 e. The van der Waals surface area contributed by atoms with E-state index in [9.17, 15) is 18.0 Å². The number of benzene rings is 2. The number of carbonyl (C=O) groups is 2. The number of hydrogen-bond acceptors (Lipinski definition) is 4. The highest BCUT2D eigenvalue weighted by Crippen LogP contribution is 2.30. The number of anilines is 1. The lowest BCUT2D eigenvalue weighted by Crippen LogP contribution is -2.45.